The predicted octanol–water partition coefficient (Wildman–Crippen LogP) is 2.49. The summed E-state index contributed by atoms with van der Waals surface area (Å²) in [7, 11) is 3.12. The summed E-state index contributed by atoms with van der Waals surface area (Å²) in [4.78, 5) is 10.3. The molecule has 0 N–H and O–H groups in total. The van der Waals surface area contributed by atoms with Gasteiger partial charge in [-0.15, -0.1) is 0 Å². The summed E-state index contributed by atoms with van der Waals surface area (Å²) < 4.78 is 10.4. The maximum absolute atomic E-state index is 10.3. The van der Waals surface area contributed by atoms with Gasteiger partial charge in [0.1, 0.15) is 17.8 Å². The van der Waals surface area contributed by atoms with Crippen molar-refractivity contribution in [3.8, 4) is 11.5 Å². The monoisotopic (exact) mass is 228 g/mol. The summed E-state index contributed by atoms with van der Waals surface area (Å²) in [6, 6.07) is 3.48. The molecule has 0 fully saturated rings. The van der Waals surface area contributed by atoms with Gasteiger partial charge in [-0.2, -0.15) is 0 Å². The molecule has 1 aromatic carbocycles. The van der Waals surface area contributed by atoms with E-state index >= 15 is 0 Å². The molecule has 3 nitrogen and oxygen atoms in total. The number of halogens is 1. The van der Waals surface area contributed by atoms with Gasteiger partial charge in [0.05, 0.1) is 19.2 Å². The Morgan fingerprint density at radius 2 is 2.07 bits per heavy atom. The maximum atomic E-state index is 10.3. The predicted molar refractivity (Wildman–Crippen MR) is 58.9 cm³/mol. The Labute approximate surface area is 93.9 Å². The standard InChI is InChI=1S/C11H13ClO3/c1-14-10-6-5-9(12)11(15-2)8(10)4-3-7-13/h5-7H,3-4H2,1-2H3. The van der Waals surface area contributed by atoms with Crippen molar-refractivity contribution in [1.82, 2.24) is 0 Å². The Kier molecular flexibility index (Phi) is 4.43. The zero-order valence-electron chi connectivity index (χ0n) is 8.75. The third kappa shape index (κ3) is 2.63. The molecule has 1 aromatic rings. The molecule has 0 amide bonds. The van der Waals surface area contributed by atoms with Crippen LogP contribution in [0.1, 0.15) is 12.0 Å². The summed E-state index contributed by atoms with van der Waals surface area (Å²) in [5.74, 6) is 1.27. The number of aldehydes is 1. The first-order chi connectivity index (χ1) is 7.24. The molecule has 0 heterocycles. The van der Waals surface area contributed by atoms with Crippen LogP contribution in [-0.2, 0) is 11.2 Å². The second kappa shape index (κ2) is 5.61. The molecule has 0 aliphatic heterocycles. The molecule has 0 saturated heterocycles. The van der Waals surface area contributed by atoms with Crippen LogP contribution in [-0.4, -0.2) is 20.5 Å². The number of hydrogen-bond donors (Lipinski definition) is 0. The Balaban J connectivity index is 3.14. The second-order valence-corrected chi connectivity index (χ2v) is 3.37. The highest BCUT2D eigenvalue weighted by Gasteiger charge is 2.13. The van der Waals surface area contributed by atoms with Crippen LogP contribution in [0.3, 0.4) is 0 Å². The molecule has 82 valence electrons. The van der Waals surface area contributed by atoms with Crippen molar-refractivity contribution >= 4 is 17.9 Å². The van der Waals surface area contributed by atoms with Gasteiger partial charge in [-0.3, -0.25) is 0 Å². The molecule has 0 atom stereocenters. The van der Waals surface area contributed by atoms with Crippen LogP contribution in [0.5, 0.6) is 11.5 Å². The van der Waals surface area contributed by atoms with Crippen molar-refractivity contribution in [3.63, 3.8) is 0 Å². The lowest BCUT2D eigenvalue weighted by Gasteiger charge is -2.13. The van der Waals surface area contributed by atoms with Crippen LogP contribution in [0.15, 0.2) is 12.1 Å². The molecule has 15 heavy (non-hydrogen) atoms. The van der Waals surface area contributed by atoms with Gasteiger partial charge in [-0.1, -0.05) is 11.6 Å². The molecule has 0 saturated carbocycles. The highest BCUT2D eigenvalue weighted by Crippen LogP contribution is 2.35. The maximum Gasteiger partial charge on any atom is 0.144 e. The van der Waals surface area contributed by atoms with Crippen LogP contribution in [0.4, 0.5) is 0 Å². The fourth-order valence-electron chi connectivity index (χ4n) is 1.43. The average Bonchev–Trinajstić information content (AvgIpc) is 2.26. The minimum Gasteiger partial charge on any atom is -0.496 e. The van der Waals surface area contributed by atoms with E-state index in [0.29, 0.717) is 29.4 Å². The number of benzene rings is 1. The zero-order chi connectivity index (χ0) is 11.3. The molecule has 0 spiro atoms. The van der Waals surface area contributed by atoms with Gasteiger partial charge in [0.25, 0.3) is 0 Å². The fraction of sp³-hybridized carbons (Fsp3) is 0.364. The van der Waals surface area contributed by atoms with E-state index in [-0.39, 0.29) is 0 Å². The number of rotatable bonds is 5. The number of methoxy groups -OCH3 is 2. The van der Waals surface area contributed by atoms with Gasteiger partial charge in [0.15, 0.2) is 0 Å². The van der Waals surface area contributed by atoms with Gasteiger partial charge in [-0.05, 0) is 18.6 Å². The molecule has 0 aromatic heterocycles. The SMILES string of the molecule is COc1ccc(Cl)c(OC)c1CCC=O. The molecule has 0 bridgehead atoms. The number of carbonyl (C=O) groups is 1. The first-order valence-corrected chi connectivity index (χ1v) is 4.95. The largest absolute Gasteiger partial charge is 0.496 e. The molecule has 0 radical (unpaired) electrons. The Morgan fingerprint density at radius 1 is 1.33 bits per heavy atom. The Bertz CT molecular complexity index is 350. The van der Waals surface area contributed by atoms with E-state index in [4.69, 9.17) is 21.1 Å². The van der Waals surface area contributed by atoms with Gasteiger partial charge < -0.3 is 14.3 Å². The Hall–Kier alpha value is -1.22. The minimum atomic E-state index is 0.424. The molecular formula is C11H13ClO3. The van der Waals surface area contributed by atoms with Crippen molar-refractivity contribution in [1.29, 1.82) is 0 Å². The van der Waals surface area contributed by atoms with Gasteiger partial charge in [0, 0.05) is 12.0 Å². The van der Waals surface area contributed by atoms with E-state index in [1.165, 1.54) is 0 Å². The van der Waals surface area contributed by atoms with E-state index in [1.54, 1.807) is 26.4 Å². The first-order valence-electron chi connectivity index (χ1n) is 4.57. The van der Waals surface area contributed by atoms with Crippen LogP contribution < -0.4 is 9.47 Å². The van der Waals surface area contributed by atoms with E-state index in [2.05, 4.69) is 0 Å². The second-order valence-electron chi connectivity index (χ2n) is 2.97. The van der Waals surface area contributed by atoms with E-state index in [1.807, 2.05) is 0 Å². The molecule has 0 aliphatic carbocycles. The van der Waals surface area contributed by atoms with E-state index < -0.39 is 0 Å². The minimum absolute atomic E-state index is 0.424. The lowest BCUT2D eigenvalue weighted by atomic mass is 10.1. The molecule has 4 heteroatoms. The van der Waals surface area contributed by atoms with Gasteiger partial charge >= 0.3 is 0 Å². The highest BCUT2D eigenvalue weighted by atomic mass is 35.5. The lowest BCUT2D eigenvalue weighted by molar-refractivity contribution is -0.107. The van der Waals surface area contributed by atoms with Crippen LogP contribution in [0.2, 0.25) is 5.02 Å². The highest BCUT2D eigenvalue weighted by molar-refractivity contribution is 6.32. The van der Waals surface area contributed by atoms with Crippen molar-refractivity contribution in [2.75, 3.05) is 14.2 Å². The molecular weight excluding hydrogens is 216 g/mol. The van der Waals surface area contributed by atoms with E-state index in [9.17, 15) is 4.79 Å². The van der Waals surface area contributed by atoms with E-state index in [0.717, 1.165) is 11.8 Å². The summed E-state index contributed by atoms with van der Waals surface area (Å²) >= 11 is 5.97. The van der Waals surface area contributed by atoms with Crippen molar-refractivity contribution in [3.05, 3.63) is 22.7 Å². The van der Waals surface area contributed by atoms with Crippen LogP contribution in [0.25, 0.3) is 0 Å². The fourth-order valence-corrected chi connectivity index (χ4v) is 1.69. The summed E-state index contributed by atoms with van der Waals surface area (Å²) in [5, 5.41) is 0.527. The number of ether oxygens (including phenoxy) is 2. The number of carbonyl (C=O) groups excluding carboxylic acids is 1. The zero-order valence-corrected chi connectivity index (χ0v) is 9.50. The normalized spacial score (nSPS) is 9.80. The molecule has 0 unspecified atom stereocenters. The lowest BCUT2D eigenvalue weighted by Crippen LogP contribution is -1.98. The molecule has 1 rings (SSSR count). The van der Waals surface area contributed by atoms with Crippen LogP contribution >= 0.6 is 11.6 Å². The summed E-state index contributed by atoms with van der Waals surface area (Å²) in [6.45, 7) is 0. The summed E-state index contributed by atoms with van der Waals surface area (Å²) in [5.41, 5.74) is 0.833. The smallest absolute Gasteiger partial charge is 0.144 e. The van der Waals surface area contributed by atoms with Crippen molar-refractivity contribution in [2.24, 2.45) is 0 Å². The first kappa shape index (κ1) is 11.9. The third-order valence-electron chi connectivity index (χ3n) is 2.11. The quantitative estimate of drug-likeness (QED) is 0.727. The topological polar surface area (TPSA) is 35.5 Å². The Morgan fingerprint density at radius 3 is 2.60 bits per heavy atom. The van der Waals surface area contributed by atoms with Crippen molar-refractivity contribution < 1.29 is 14.3 Å². The molecule has 0 aliphatic rings. The van der Waals surface area contributed by atoms with Gasteiger partial charge in [-0.25, -0.2) is 0 Å². The van der Waals surface area contributed by atoms with Crippen molar-refractivity contribution in [2.45, 2.75) is 12.8 Å². The van der Waals surface area contributed by atoms with Crippen LogP contribution in [0, 0.1) is 0 Å². The average molecular weight is 229 g/mol. The van der Waals surface area contributed by atoms with Gasteiger partial charge in [0.2, 0.25) is 0 Å². The number of hydrogen-bond acceptors (Lipinski definition) is 3. The summed E-state index contributed by atoms with van der Waals surface area (Å²) in [6.07, 6.45) is 1.85. The third-order valence-corrected chi connectivity index (χ3v) is 2.40.